The Morgan fingerprint density at radius 1 is 1.31 bits per heavy atom. The van der Waals surface area contributed by atoms with Gasteiger partial charge in [0.15, 0.2) is 0 Å². The Kier molecular flexibility index (Phi) is 1.43. The van der Waals surface area contributed by atoms with E-state index in [1.54, 1.807) is 0 Å². The Morgan fingerprint density at radius 3 is 2.92 bits per heavy atom. The zero-order valence-corrected chi connectivity index (χ0v) is 7.66. The first-order chi connectivity index (χ1) is 6.33. The average molecular weight is 177 g/mol. The van der Waals surface area contributed by atoms with Crippen LogP contribution in [0.3, 0.4) is 0 Å². The smallest absolute Gasteiger partial charge is 0.145 e. The number of aromatic amines is 1. The van der Waals surface area contributed by atoms with Gasteiger partial charge in [-0.15, -0.1) is 0 Å². The molecule has 1 aromatic rings. The number of nitrogens with two attached hydrogens (primary N) is 1. The molecule has 2 saturated carbocycles. The van der Waals surface area contributed by atoms with Crippen molar-refractivity contribution in [3.8, 4) is 0 Å². The maximum Gasteiger partial charge on any atom is 0.145 e. The molecule has 2 aliphatic rings. The van der Waals surface area contributed by atoms with Gasteiger partial charge in [-0.1, -0.05) is 0 Å². The number of rotatable bonds is 1. The summed E-state index contributed by atoms with van der Waals surface area (Å²) in [4.78, 5) is 0. The van der Waals surface area contributed by atoms with Gasteiger partial charge in [0.05, 0.1) is 0 Å². The number of anilines is 1. The number of aromatic nitrogens is 2. The lowest BCUT2D eigenvalue weighted by Crippen LogP contribution is -2.07. The molecule has 3 heteroatoms. The Bertz CT molecular complexity index is 318. The first-order valence-corrected chi connectivity index (χ1v) is 5.13. The van der Waals surface area contributed by atoms with Crippen LogP contribution in [0.4, 0.5) is 5.82 Å². The van der Waals surface area contributed by atoms with E-state index in [4.69, 9.17) is 5.73 Å². The van der Waals surface area contributed by atoms with E-state index >= 15 is 0 Å². The molecule has 3 atom stereocenters. The minimum atomic E-state index is 0.632. The monoisotopic (exact) mass is 177 g/mol. The summed E-state index contributed by atoms with van der Waals surface area (Å²) in [5.74, 6) is 3.42. The molecular formula is C10H15N3. The number of hydrogen-bond acceptors (Lipinski definition) is 2. The fourth-order valence-corrected chi connectivity index (χ4v) is 2.70. The lowest BCUT2D eigenvalue weighted by atomic mass is 9.87. The van der Waals surface area contributed by atoms with Crippen molar-refractivity contribution < 1.29 is 0 Å². The molecule has 3 rings (SSSR count). The second kappa shape index (κ2) is 2.50. The molecule has 13 heavy (non-hydrogen) atoms. The Balaban J connectivity index is 1.77. The molecule has 0 spiro atoms. The van der Waals surface area contributed by atoms with Crippen molar-refractivity contribution in [3.05, 3.63) is 11.8 Å². The highest BCUT2D eigenvalue weighted by Crippen LogP contribution is 2.53. The van der Waals surface area contributed by atoms with Gasteiger partial charge in [-0.05, 0) is 37.5 Å². The Labute approximate surface area is 77.7 Å². The highest BCUT2D eigenvalue weighted by atomic mass is 15.2. The molecule has 1 aromatic heterocycles. The van der Waals surface area contributed by atoms with Gasteiger partial charge in [-0.25, -0.2) is 0 Å². The second-order valence-corrected chi connectivity index (χ2v) is 4.51. The van der Waals surface area contributed by atoms with Crippen LogP contribution < -0.4 is 5.73 Å². The van der Waals surface area contributed by atoms with Gasteiger partial charge in [-0.2, -0.15) is 5.10 Å². The highest BCUT2D eigenvalue weighted by molar-refractivity contribution is 5.30. The van der Waals surface area contributed by atoms with E-state index in [-0.39, 0.29) is 0 Å². The minimum Gasteiger partial charge on any atom is -0.382 e. The third-order valence-electron chi connectivity index (χ3n) is 3.60. The summed E-state index contributed by atoms with van der Waals surface area (Å²) in [5, 5.41) is 7.02. The summed E-state index contributed by atoms with van der Waals surface area (Å²) >= 11 is 0. The first kappa shape index (κ1) is 7.42. The molecule has 0 amide bonds. The molecule has 2 aliphatic carbocycles. The van der Waals surface area contributed by atoms with Crippen LogP contribution in [0.25, 0.3) is 0 Å². The molecule has 1 unspecified atom stereocenters. The maximum atomic E-state index is 5.59. The SMILES string of the molecule is Nc1cc(C2CC[C@@H]3C[C@@H]3C2)[nH]n1. The molecule has 70 valence electrons. The van der Waals surface area contributed by atoms with Crippen molar-refractivity contribution in [2.24, 2.45) is 11.8 Å². The molecule has 3 nitrogen and oxygen atoms in total. The molecule has 0 aliphatic heterocycles. The van der Waals surface area contributed by atoms with Gasteiger partial charge in [0.2, 0.25) is 0 Å². The molecule has 0 bridgehead atoms. The van der Waals surface area contributed by atoms with E-state index in [0.717, 1.165) is 11.8 Å². The predicted molar refractivity (Wildman–Crippen MR) is 51.2 cm³/mol. The molecule has 1 heterocycles. The molecule has 0 saturated heterocycles. The van der Waals surface area contributed by atoms with Gasteiger partial charge >= 0.3 is 0 Å². The van der Waals surface area contributed by atoms with E-state index in [2.05, 4.69) is 10.2 Å². The minimum absolute atomic E-state index is 0.632. The predicted octanol–water partition coefficient (Wildman–Crippen LogP) is 1.90. The normalized spacial score (nSPS) is 37.1. The number of nitrogens with zero attached hydrogens (tertiary/aromatic N) is 1. The summed E-state index contributed by atoms with van der Waals surface area (Å²) < 4.78 is 0. The lowest BCUT2D eigenvalue weighted by Gasteiger charge is -2.19. The lowest BCUT2D eigenvalue weighted by molar-refractivity contribution is 0.417. The number of hydrogen-bond donors (Lipinski definition) is 2. The van der Waals surface area contributed by atoms with Gasteiger partial charge in [0.1, 0.15) is 5.82 Å². The highest BCUT2D eigenvalue weighted by Gasteiger charge is 2.42. The second-order valence-electron chi connectivity index (χ2n) is 4.51. The van der Waals surface area contributed by atoms with Gasteiger partial charge < -0.3 is 5.73 Å². The van der Waals surface area contributed by atoms with Gasteiger partial charge in [0, 0.05) is 17.7 Å². The average Bonchev–Trinajstić information content (AvgIpc) is 2.79. The summed E-state index contributed by atoms with van der Waals surface area (Å²) in [5.41, 5.74) is 6.84. The van der Waals surface area contributed by atoms with Crippen LogP contribution >= 0.6 is 0 Å². The van der Waals surface area contributed by atoms with Crippen LogP contribution in [0.5, 0.6) is 0 Å². The number of fused-ring (bicyclic) bond motifs is 1. The van der Waals surface area contributed by atoms with Gasteiger partial charge in [-0.3, -0.25) is 5.10 Å². The van der Waals surface area contributed by atoms with Gasteiger partial charge in [0.25, 0.3) is 0 Å². The van der Waals surface area contributed by atoms with E-state index in [1.165, 1.54) is 31.4 Å². The number of H-pyrrole nitrogens is 1. The van der Waals surface area contributed by atoms with E-state index < -0.39 is 0 Å². The summed E-state index contributed by atoms with van der Waals surface area (Å²) in [7, 11) is 0. The first-order valence-electron chi connectivity index (χ1n) is 5.13. The molecular weight excluding hydrogens is 162 g/mol. The number of nitrogen functional groups attached to an aromatic ring is 1. The third-order valence-corrected chi connectivity index (χ3v) is 3.60. The quantitative estimate of drug-likeness (QED) is 0.688. The van der Waals surface area contributed by atoms with Crippen molar-refractivity contribution in [1.29, 1.82) is 0 Å². The topological polar surface area (TPSA) is 54.7 Å². The largest absolute Gasteiger partial charge is 0.382 e. The van der Waals surface area contributed by atoms with Crippen LogP contribution in [-0.4, -0.2) is 10.2 Å². The number of nitrogens with one attached hydrogen (secondary N) is 1. The summed E-state index contributed by atoms with van der Waals surface area (Å²) in [6.45, 7) is 0. The summed E-state index contributed by atoms with van der Waals surface area (Å²) in [6.07, 6.45) is 5.56. The summed E-state index contributed by atoms with van der Waals surface area (Å²) in [6, 6.07) is 1.99. The van der Waals surface area contributed by atoms with Crippen LogP contribution in [0.1, 0.15) is 37.3 Å². The third kappa shape index (κ3) is 1.23. The maximum absolute atomic E-state index is 5.59. The van der Waals surface area contributed by atoms with Crippen LogP contribution in [0.15, 0.2) is 6.07 Å². The zero-order chi connectivity index (χ0) is 8.84. The molecule has 0 radical (unpaired) electrons. The molecule has 2 fully saturated rings. The van der Waals surface area contributed by atoms with E-state index in [9.17, 15) is 0 Å². The standard InChI is InChI=1S/C10H15N3/c11-10-5-9(12-13-10)7-2-1-6-3-8(6)4-7/h5-8H,1-4H2,(H3,11,12,13)/t6-,7?,8-/m1/s1. The van der Waals surface area contributed by atoms with Crippen molar-refractivity contribution in [2.75, 3.05) is 5.73 Å². The molecule has 0 aromatic carbocycles. The zero-order valence-electron chi connectivity index (χ0n) is 7.66. The van der Waals surface area contributed by atoms with Crippen LogP contribution in [0, 0.1) is 11.8 Å². The fourth-order valence-electron chi connectivity index (χ4n) is 2.70. The Hall–Kier alpha value is -0.990. The van der Waals surface area contributed by atoms with E-state index in [0.29, 0.717) is 11.7 Å². The Morgan fingerprint density at radius 2 is 2.23 bits per heavy atom. The molecule has 3 N–H and O–H groups in total. The van der Waals surface area contributed by atoms with E-state index in [1.807, 2.05) is 6.07 Å². The van der Waals surface area contributed by atoms with Crippen molar-refractivity contribution in [1.82, 2.24) is 10.2 Å². The van der Waals surface area contributed by atoms with Crippen LogP contribution in [-0.2, 0) is 0 Å². The van der Waals surface area contributed by atoms with Crippen LogP contribution in [0.2, 0.25) is 0 Å². The van der Waals surface area contributed by atoms with Crippen molar-refractivity contribution >= 4 is 5.82 Å². The van der Waals surface area contributed by atoms with Crippen molar-refractivity contribution in [2.45, 2.75) is 31.6 Å². The fraction of sp³-hybridized carbons (Fsp3) is 0.700. The van der Waals surface area contributed by atoms with Crippen molar-refractivity contribution in [3.63, 3.8) is 0 Å².